The maximum Gasteiger partial charge on any atom is 0.139 e. The molecule has 0 aliphatic heterocycles. The van der Waals surface area contributed by atoms with Crippen molar-refractivity contribution in [1.29, 1.82) is 0 Å². The minimum atomic E-state index is -0.906. The molecule has 3 heteroatoms. The predicted octanol–water partition coefficient (Wildman–Crippen LogP) is 2.03. The Labute approximate surface area is 72.4 Å². The molecule has 0 radical (unpaired) electrons. The normalized spacial score (nSPS) is 12.5. The molecule has 12 heavy (non-hydrogen) atoms. The smallest absolute Gasteiger partial charge is 0.139 e. The Morgan fingerprint density at radius 1 is 1.50 bits per heavy atom. The third-order valence-corrected chi connectivity index (χ3v) is 1.72. The van der Waals surface area contributed by atoms with Gasteiger partial charge in [-0.15, -0.1) is 0 Å². The van der Waals surface area contributed by atoms with Crippen LogP contribution in [-0.4, -0.2) is 10.3 Å². The molecule has 1 aromatic heterocycles. The fourth-order valence-corrected chi connectivity index (χ4v) is 0.850. The lowest BCUT2D eigenvalue weighted by atomic mass is 10.0. The number of aliphatic hydroxyl groups is 1. The molecule has 1 aromatic rings. The summed E-state index contributed by atoms with van der Waals surface area (Å²) in [7, 11) is 0. The molecule has 0 saturated carbocycles. The Hall–Kier alpha value is -0.830. The van der Waals surface area contributed by atoms with Crippen LogP contribution >= 0.6 is 0 Å². The van der Waals surface area contributed by atoms with Gasteiger partial charge in [0.1, 0.15) is 17.1 Å². The monoisotopic (exact) mass is 169 g/mol. The van der Waals surface area contributed by atoms with E-state index in [2.05, 4.69) is 5.16 Å². The predicted molar refractivity (Wildman–Crippen MR) is 45.8 cm³/mol. The van der Waals surface area contributed by atoms with E-state index >= 15 is 0 Å². The van der Waals surface area contributed by atoms with Crippen molar-refractivity contribution in [3.63, 3.8) is 0 Å². The van der Waals surface area contributed by atoms with Gasteiger partial charge in [-0.2, -0.15) is 0 Å². The van der Waals surface area contributed by atoms with Crippen LogP contribution in [0.25, 0.3) is 0 Å². The highest BCUT2D eigenvalue weighted by molar-refractivity contribution is 5.13. The second kappa shape index (κ2) is 2.90. The van der Waals surface area contributed by atoms with Crippen molar-refractivity contribution in [3.8, 4) is 0 Å². The van der Waals surface area contributed by atoms with E-state index in [9.17, 15) is 5.11 Å². The van der Waals surface area contributed by atoms with Gasteiger partial charge in [-0.05, 0) is 13.8 Å². The summed E-state index contributed by atoms with van der Waals surface area (Å²) in [6.07, 6.45) is 0. The van der Waals surface area contributed by atoms with Crippen LogP contribution in [0, 0.1) is 0 Å². The lowest BCUT2D eigenvalue weighted by Gasteiger charge is -2.11. The maximum absolute atomic E-state index is 9.56. The van der Waals surface area contributed by atoms with Gasteiger partial charge in [-0.1, -0.05) is 19.0 Å². The molecule has 0 aromatic carbocycles. The van der Waals surface area contributed by atoms with Gasteiger partial charge in [-0.3, -0.25) is 0 Å². The van der Waals surface area contributed by atoms with Gasteiger partial charge in [0.25, 0.3) is 0 Å². The zero-order valence-corrected chi connectivity index (χ0v) is 7.96. The van der Waals surface area contributed by atoms with Crippen LogP contribution in [0.4, 0.5) is 0 Å². The molecule has 0 fully saturated rings. The number of rotatable bonds is 2. The van der Waals surface area contributed by atoms with Crippen molar-refractivity contribution in [2.45, 2.75) is 39.2 Å². The zero-order valence-electron chi connectivity index (χ0n) is 7.96. The van der Waals surface area contributed by atoms with E-state index in [1.807, 2.05) is 13.8 Å². The fourth-order valence-electron chi connectivity index (χ4n) is 0.850. The van der Waals surface area contributed by atoms with Crippen LogP contribution in [0.1, 0.15) is 45.1 Å². The average molecular weight is 169 g/mol. The van der Waals surface area contributed by atoms with Gasteiger partial charge in [0.15, 0.2) is 0 Å². The quantitative estimate of drug-likeness (QED) is 0.736. The molecule has 0 aliphatic rings. The van der Waals surface area contributed by atoms with E-state index in [1.165, 1.54) is 0 Å². The first-order valence-corrected chi connectivity index (χ1v) is 4.10. The second-order valence-corrected chi connectivity index (χ2v) is 3.83. The number of hydrogen-bond acceptors (Lipinski definition) is 3. The van der Waals surface area contributed by atoms with Crippen LogP contribution in [0.3, 0.4) is 0 Å². The minimum Gasteiger partial charge on any atom is -0.384 e. The molecule has 0 bridgehead atoms. The average Bonchev–Trinajstić information content (AvgIpc) is 2.30. The molecule has 3 nitrogen and oxygen atoms in total. The third-order valence-electron chi connectivity index (χ3n) is 1.72. The van der Waals surface area contributed by atoms with E-state index in [0.29, 0.717) is 11.6 Å². The molecule has 0 aliphatic carbocycles. The topological polar surface area (TPSA) is 46.3 Å². The maximum atomic E-state index is 9.56. The highest BCUT2D eigenvalue weighted by Crippen LogP contribution is 2.22. The summed E-state index contributed by atoms with van der Waals surface area (Å²) in [4.78, 5) is 0. The summed E-state index contributed by atoms with van der Waals surface area (Å²) in [6.45, 7) is 7.42. The first kappa shape index (κ1) is 9.26. The second-order valence-electron chi connectivity index (χ2n) is 3.83. The van der Waals surface area contributed by atoms with Crippen molar-refractivity contribution in [3.05, 3.63) is 17.5 Å². The molecular formula is C9H15NO2. The SMILES string of the molecule is CC(C)c1cc(C(C)(C)O)no1. The van der Waals surface area contributed by atoms with Crippen LogP contribution in [0.2, 0.25) is 0 Å². The Morgan fingerprint density at radius 3 is 2.33 bits per heavy atom. The largest absolute Gasteiger partial charge is 0.384 e. The molecule has 0 unspecified atom stereocenters. The van der Waals surface area contributed by atoms with Gasteiger partial charge in [0.2, 0.25) is 0 Å². The van der Waals surface area contributed by atoms with Crippen LogP contribution in [-0.2, 0) is 5.60 Å². The highest BCUT2D eigenvalue weighted by Gasteiger charge is 2.21. The lowest BCUT2D eigenvalue weighted by Crippen LogP contribution is -2.15. The molecule has 1 rings (SSSR count). The standard InChI is InChI=1S/C9H15NO2/c1-6(2)7-5-8(10-12-7)9(3,4)11/h5-6,11H,1-4H3. The molecule has 0 atom stereocenters. The molecule has 0 spiro atoms. The summed E-state index contributed by atoms with van der Waals surface area (Å²) >= 11 is 0. The van der Waals surface area contributed by atoms with E-state index in [0.717, 1.165) is 5.76 Å². The molecule has 1 heterocycles. The van der Waals surface area contributed by atoms with Crippen LogP contribution in [0.15, 0.2) is 10.6 Å². The Balaban J connectivity index is 2.92. The number of aromatic nitrogens is 1. The van der Waals surface area contributed by atoms with Gasteiger partial charge in [0, 0.05) is 12.0 Å². The Morgan fingerprint density at radius 2 is 2.08 bits per heavy atom. The first-order chi connectivity index (χ1) is 5.41. The summed E-state index contributed by atoms with van der Waals surface area (Å²) in [5, 5.41) is 13.3. The van der Waals surface area contributed by atoms with Crippen molar-refractivity contribution in [1.82, 2.24) is 5.16 Å². The summed E-state index contributed by atoms with van der Waals surface area (Å²) < 4.78 is 5.04. The van der Waals surface area contributed by atoms with E-state index in [-0.39, 0.29) is 0 Å². The molecule has 1 N–H and O–H groups in total. The zero-order chi connectivity index (χ0) is 9.35. The van der Waals surface area contributed by atoms with Gasteiger partial charge in [0.05, 0.1) is 0 Å². The van der Waals surface area contributed by atoms with E-state index < -0.39 is 5.60 Å². The minimum absolute atomic E-state index is 0.314. The molecule has 0 amide bonds. The summed E-state index contributed by atoms with van der Waals surface area (Å²) in [5.41, 5.74) is -0.317. The Bertz CT molecular complexity index is 258. The third kappa shape index (κ3) is 1.85. The first-order valence-electron chi connectivity index (χ1n) is 4.10. The van der Waals surface area contributed by atoms with Gasteiger partial charge >= 0.3 is 0 Å². The van der Waals surface area contributed by atoms with Crippen molar-refractivity contribution in [2.75, 3.05) is 0 Å². The lowest BCUT2D eigenvalue weighted by molar-refractivity contribution is 0.0700. The van der Waals surface area contributed by atoms with E-state index in [4.69, 9.17) is 4.52 Å². The van der Waals surface area contributed by atoms with Crippen molar-refractivity contribution < 1.29 is 9.63 Å². The molecular weight excluding hydrogens is 154 g/mol. The van der Waals surface area contributed by atoms with E-state index in [1.54, 1.807) is 19.9 Å². The molecule has 0 saturated heterocycles. The van der Waals surface area contributed by atoms with Gasteiger partial charge < -0.3 is 9.63 Å². The molecule has 68 valence electrons. The number of nitrogens with zero attached hydrogens (tertiary/aromatic N) is 1. The summed E-state index contributed by atoms with van der Waals surface area (Å²) in [6, 6.07) is 1.80. The highest BCUT2D eigenvalue weighted by atomic mass is 16.5. The fraction of sp³-hybridized carbons (Fsp3) is 0.667. The van der Waals surface area contributed by atoms with Crippen molar-refractivity contribution in [2.24, 2.45) is 0 Å². The van der Waals surface area contributed by atoms with Crippen molar-refractivity contribution >= 4 is 0 Å². The number of hydrogen-bond donors (Lipinski definition) is 1. The van der Waals surface area contributed by atoms with Gasteiger partial charge in [-0.25, -0.2) is 0 Å². The Kier molecular flexibility index (Phi) is 2.24. The van der Waals surface area contributed by atoms with Crippen LogP contribution in [0.5, 0.6) is 0 Å². The van der Waals surface area contributed by atoms with Crippen LogP contribution < -0.4 is 0 Å². The summed E-state index contributed by atoms with van der Waals surface area (Å²) in [5.74, 6) is 1.13.